The molecule has 0 radical (unpaired) electrons. The van der Waals surface area contributed by atoms with E-state index < -0.39 is 8.07 Å². The summed E-state index contributed by atoms with van der Waals surface area (Å²) in [5, 5.41) is 3.40. The van der Waals surface area contributed by atoms with Crippen LogP contribution in [0.25, 0.3) is 0 Å². The van der Waals surface area contributed by atoms with Crippen LogP contribution in [0, 0.1) is 5.92 Å². The minimum Gasteiger partial charge on any atom is -1.00 e. The quantitative estimate of drug-likeness (QED) is 0.378. The second kappa shape index (κ2) is 12.8. The van der Waals surface area contributed by atoms with Crippen molar-refractivity contribution < 1.29 is 57.7 Å². The van der Waals surface area contributed by atoms with Crippen LogP contribution in [0.2, 0.25) is 12.6 Å². The van der Waals surface area contributed by atoms with Crippen molar-refractivity contribution in [3.05, 3.63) is 51.1 Å². The van der Waals surface area contributed by atoms with Gasteiger partial charge >= 0.3 is 150 Å². The number of hydrogen-bond acceptors (Lipinski definition) is 0. The summed E-state index contributed by atoms with van der Waals surface area (Å²) in [5.74, 6) is 0.699. The van der Waals surface area contributed by atoms with Gasteiger partial charge in [-0.25, -0.2) is 0 Å². The predicted octanol–water partition coefficient (Wildman–Crippen LogP) is -3.50. The average Bonchev–Trinajstić information content (AvgIpc) is 2.95. The molecule has 0 heterocycles. The van der Waals surface area contributed by atoms with E-state index in [0.717, 1.165) is 0 Å². The van der Waals surface area contributed by atoms with E-state index in [4.69, 9.17) is 0 Å². The standard InChI is InChI=1S/C20H29Si.3ClH.Ti/c1-5-7-16-21(4,18-12-9-8-10-13-18)20-15-11-14-19(20)17(3)6-2;;;;/h8-10,12-14,17H,5-7,11,16H2,1-4H3;3*1H;/q;;;;+3/p-3. The molecule has 25 heavy (non-hydrogen) atoms. The molecule has 5 heteroatoms. The monoisotopic (exact) mass is 450 g/mol. The molecule has 1 aliphatic carbocycles. The van der Waals surface area contributed by atoms with Gasteiger partial charge in [-0.05, 0) is 0 Å². The Morgan fingerprint density at radius 3 is 2.20 bits per heavy atom. The van der Waals surface area contributed by atoms with Crippen LogP contribution in [0.1, 0.15) is 46.5 Å². The van der Waals surface area contributed by atoms with Gasteiger partial charge in [0.15, 0.2) is 0 Å². The molecular weight excluding hydrogens is 423 g/mol. The van der Waals surface area contributed by atoms with Gasteiger partial charge in [0.05, 0.1) is 0 Å². The van der Waals surface area contributed by atoms with Crippen molar-refractivity contribution in [2.45, 2.75) is 59.0 Å². The van der Waals surface area contributed by atoms with Crippen LogP contribution < -0.4 is 42.4 Å². The second-order valence-electron chi connectivity index (χ2n) is 6.83. The minimum absolute atomic E-state index is 0. The number of hydrogen-bond donors (Lipinski definition) is 0. The molecule has 2 atom stereocenters. The number of rotatable bonds is 7. The van der Waals surface area contributed by atoms with Gasteiger partial charge in [-0.1, -0.05) is 0 Å². The summed E-state index contributed by atoms with van der Waals surface area (Å²) in [5.41, 5.74) is 1.68. The van der Waals surface area contributed by atoms with Crippen molar-refractivity contribution in [1.82, 2.24) is 0 Å². The molecule has 138 valence electrons. The topological polar surface area (TPSA) is 0 Å². The maximum absolute atomic E-state index is 2.61. The van der Waals surface area contributed by atoms with Crippen molar-refractivity contribution in [3.8, 4) is 0 Å². The normalized spacial score (nSPS) is 16.8. The van der Waals surface area contributed by atoms with Gasteiger partial charge in [0, 0.05) is 0 Å². The van der Waals surface area contributed by atoms with E-state index in [1.165, 1.54) is 31.7 Å². The van der Waals surface area contributed by atoms with Gasteiger partial charge < -0.3 is 37.2 Å². The summed E-state index contributed by atoms with van der Waals surface area (Å²) < 4.78 is 1.64. The first-order valence-corrected chi connectivity index (χ1v) is 12.2. The zero-order chi connectivity index (χ0) is 16.2. The first-order chi connectivity index (χ1) is 10.5. The molecule has 0 nitrogen and oxygen atoms in total. The molecule has 0 saturated carbocycles. The molecular formula is C20H29Cl3SiTi. The summed E-state index contributed by atoms with van der Waals surface area (Å²) in [7, 11) is -1.61. The molecule has 0 aromatic heterocycles. The van der Waals surface area contributed by atoms with Crippen LogP contribution in [0.15, 0.2) is 51.1 Å². The fraction of sp³-hybridized carbons (Fsp3) is 0.500. The zero-order valence-corrected chi connectivity index (χ0v) is 20.5. The largest absolute Gasteiger partial charge is 1.00 e. The summed E-state index contributed by atoms with van der Waals surface area (Å²) >= 11 is 2.38. The van der Waals surface area contributed by atoms with Gasteiger partial charge in [-0.3, -0.25) is 0 Å². The smallest absolute Gasteiger partial charge is 1.00 e. The molecule has 0 spiro atoms. The first-order valence-electron chi connectivity index (χ1n) is 8.75. The van der Waals surface area contributed by atoms with Crippen LogP contribution in [-0.2, 0) is 20.4 Å². The zero-order valence-electron chi connectivity index (χ0n) is 15.7. The minimum atomic E-state index is -1.61. The van der Waals surface area contributed by atoms with E-state index in [1.54, 1.807) is 19.8 Å². The van der Waals surface area contributed by atoms with Gasteiger partial charge in [-0.2, -0.15) is 0 Å². The Hall–Kier alpha value is 0.501. The van der Waals surface area contributed by atoms with Gasteiger partial charge in [0.2, 0.25) is 0 Å². The molecule has 2 unspecified atom stereocenters. The van der Waals surface area contributed by atoms with Crippen molar-refractivity contribution in [2.75, 3.05) is 0 Å². The second-order valence-corrected chi connectivity index (χ2v) is 12.0. The third kappa shape index (κ3) is 6.26. The van der Waals surface area contributed by atoms with Crippen LogP contribution >= 0.6 is 0 Å². The predicted molar refractivity (Wildman–Crippen MR) is 96.6 cm³/mol. The molecule has 0 saturated heterocycles. The Bertz CT molecular complexity index is 572. The van der Waals surface area contributed by atoms with E-state index in [9.17, 15) is 0 Å². The average molecular weight is 452 g/mol. The molecule has 1 aromatic rings. The molecule has 0 bridgehead atoms. The molecule has 0 aliphatic heterocycles. The van der Waals surface area contributed by atoms with E-state index >= 15 is 0 Å². The van der Waals surface area contributed by atoms with Crippen LogP contribution in [0.3, 0.4) is 0 Å². The van der Waals surface area contributed by atoms with Crippen LogP contribution in [-0.4, -0.2) is 8.07 Å². The van der Waals surface area contributed by atoms with Crippen molar-refractivity contribution in [3.63, 3.8) is 0 Å². The summed E-state index contributed by atoms with van der Waals surface area (Å²) in [4.78, 5) is 0. The van der Waals surface area contributed by atoms with Gasteiger partial charge in [0.25, 0.3) is 0 Å². The SMILES string of the molecule is CCCC[Si](C)(C1=[C]([Ti+3])CC=C1C(C)CC)c1ccccc1.[Cl-].[Cl-].[Cl-]. The van der Waals surface area contributed by atoms with Crippen molar-refractivity contribution >= 4 is 13.3 Å². The van der Waals surface area contributed by atoms with Crippen molar-refractivity contribution in [1.29, 1.82) is 0 Å². The molecule has 1 aromatic carbocycles. The van der Waals surface area contributed by atoms with Crippen molar-refractivity contribution in [2.24, 2.45) is 5.92 Å². The van der Waals surface area contributed by atoms with E-state index in [-0.39, 0.29) is 37.2 Å². The van der Waals surface area contributed by atoms with E-state index in [1.807, 2.05) is 0 Å². The summed E-state index contributed by atoms with van der Waals surface area (Å²) in [6, 6.07) is 12.8. The Balaban J connectivity index is 0. The third-order valence-electron chi connectivity index (χ3n) is 5.25. The molecule has 1 aliphatic rings. The fourth-order valence-electron chi connectivity index (χ4n) is 3.66. The Labute approximate surface area is 186 Å². The number of allylic oxidation sites excluding steroid dienone is 4. The van der Waals surface area contributed by atoms with Gasteiger partial charge in [0.1, 0.15) is 0 Å². The van der Waals surface area contributed by atoms with Crippen LogP contribution in [0.4, 0.5) is 0 Å². The Morgan fingerprint density at radius 1 is 1.08 bits per heavy atom. The number of unbranched alkanes of at least 4 members (excludes halogenated alkanes) is 1. The molecule has 0 N–H and O–H groups in total. The number of halogens is 3. The fourth-order valence-corrected chi connectivity index (χ4v) is 9.91. The molecule has 0 amide bonds. The van der Waals surface area contributed by atoms with E-state index in [0.29, 0.717) is 5.92 Å². The Morgan fingerprint density at radius 2 is 1.68 bits per heavy atom. The Kier molecular flexibility index (Phi) is 14.2. The van der Waals surface area contributed by atoms with Crippen LogP contribution in [0.5, 0.6) is 0 Å². The molecule has 2 rings (SSSR count). The number of benzene rings is 1. The maximum atomic E-state index is 2.61. The third-order valence-corrected chi connectivity index (χ3v) is 11.0. The van der Waals surface area contributed by atoms with E-state index in [2.05, 4.69) is 84.2 Å². The molecule has 0 fully saturated rings. The first kappa shape index (κ1) is 27.7. The van der Waals surface area contributed by atoms with Gasteiger partial charge in [-0.15, -0.1) is 0 Å². The summed E-state index contributed by atoms with van der Waals surface area (Å²) in [6.45, 7) is 9.66. The summed E-state index contributed by atoms with van der Waals surface area (Å²) in [6.07, 6.45) is 7.59. The maximum Gasteiger partial charge on any atom is -1.00 e.